The molecule has 1 N–H and O–H groups in total. The summed E-state index contributed by atoms with van der Waals surface area (Å²) in [4.78, 5) is 0. The summed E-state index contributed by atoms with van der Waals surface area (Å²) in [5.41, 5.74) is 3.71. The van der Waals surface area contributed by atoms with Crippen molar-refractivity contribution in [1.82, 2.24) is 0 Å². The molecule has 5 aliphatic rings. The molecule has 0 bridgehead atoms. The second-order valence-electron chi connectivity index (χ2n) is 15.3. The van der Waals surface area contributed by atoms with Gasteiger partial charge in [-0.3, -0.25) is 0 Å². The fraction of sp³-hybridized carbons (Fsp3) is 0.935. The van der Waals surface area contributed by atoms with E-state index >= 15 is 0 Å². The van der Waals surface area contributed by atoms with Gasteiger partial charge in [0, 0.05) is 12.5 Å². The van der Waals surface area contributed by atoms with Crippen molar-refractivity contribution in [3.63, 3.8) is 0 Å². The first-order valence-electron chi connectivity index (χ1n) is 14.1. The van der Waals surface area contributed by atoms with Crippen LogP contribution in [0, 0.1) is 50.2 Å². The Morgan fingerprint density at radius 1 is 0.879 bits per heavy atom. The van der Waals surface area contributed by atoms with Crippen molar-refractivity contribution in [2.45, 2.75) is 119 Å². The molecule has 0 aromatic carbocycles. The molecule has 4 fully saturated rings. The van der Waals surface area contributed by atoms with Gasteiger partial charge in [-0.15, -0.1) is 0 Å². The summed E-state index contributed by atoms with van der Waals surface area (Å²) in [6, 6.07) is 0. The highest BCUT2D eigenvalue weighted by Gasteiger charge is 2.68. The summed E-state index contributed by atoms with van der Waals surface area (Å²) in [5.74, 6) is 2.03. The summed E-state index contributed by atoms with van der Waals surface area (Å²) in [6.07, 6.45) is 16.1. The molecule has 9 atom stereocenters. The zero-order valence-electron chi connectivity index (χ0n) is 23.0. The van der Waals surface area contributed by atoms with Gasteiger partial charge in [0.05, 0.1) is 12.7 Å². The standard InChI is InChI=1S/C31H52O2/c1-26(2)15-16-27(3)17-18-30(6)21(22(27)19-26)9-10-24-28(4)13-12-25(33-8)29(5,20-32)23(28)11-14-31(24,30)7/h9,22-25,32H,10-20H2,1-8H3/t22-,23?,24-,25+,27-,28+,29+,30-,31-/m1/s1. The molecule has 0 radical (unpaired) electrons. The van der Waals surface area contributed by atoms with E-state index in [1.807, 2.05) is 12.7 Å². The van der Waals surface area contributed by atoms with Crippen molar-refractivity contribution < 1.29 is 9.84 Å². The Balaban J connectivity index is 1.56. The SMILES string of the molecule is CO[C@H]1CC[C@@]2(C)C(CC[C@]3(C)[C@@H]2CC=C2[C@H]4CC(C)(C)CC[C@]4(C)CC[C@]23C)[C@]1(C)CO. The molecule has 5 aliphatic carbocycles. The third kappa shape index (κ3) is 3.04. The van der Waals surface area contributed by atoms with Gasteiger partial charge in [-0.25, -0.2) is 0 Å². The maximum atomic E-state index is 10.6. The van der Waals surface area contributed by atoms with Crippen molar-refractivity contribution in [2.24, 2.45) is 50.2 Å². The Kier molecular flexibility index (Phi) is 5.42. The smallest absolute Gasteiger partial charge is 0.0649 e. The predicted molar refractivity (Wildman–Crippen MR) is 137 cm³/mol. The van der Waals surface area contributed by atoms with E-state index < -0.39 is 0 Å². The molecule has 0 aliphatic heterocycles. The van der Waals surface area contributed by atoms with Crippen LogP contribution in [0.1, 0.15) is 113 Å². The average molecular weight is 457 g/mol. The quantitative estimate of drug-likeness (QED) is 0.430. The number of fused-ring (bicyclic) bond motifs is 7. The monoisotopic (exact) mass is 456 g/mol. The van der Waals surface area contributed by atoms with E-state index in [1.54, 1.807) is 0 Å². The van der Waals surface area contributed by atoms with Crippen LogP contribution < -0.4 is 0 Å². The highest BCUT2D eigenvalue weighted by atomic mass is 16.5. The van der Waals surface area contributed by atoms with E-state index in [9.17, 15) is 5.11 Å². The number of methoxy groups -OCH3 is 1. The molecule has 0 saturated heterocycles. The van der Waals surface area contributed by atoms with E-state index in [0.29, 0.717) is 33.5 Å². The van der Waals surface area contributed by atoms with Crippen molar-refractivity contribution >= 4 is 0 Å². The zero-order chi connectivity index (χ0) is 24.1. The fourth-order valence-corrected chi connectivity index (χ4v) is 10.9. The minimum atomic E-state index is -0.119. The molecule has 0 heterocycles. The maximum absolute atomic E-state index is 10.6. The first-order chi connectivity index (χ1) is 15.3. The molecule has 0 aromatic heterocycles. The lowest BCUT2D eigenvalue weighted by atomic mass is 9.33. The van der Waals surface area contributed by atoms with Crippen LogP contribution in [0.15, 0.2) is 11.6 Å². The van der Waals surface area contributed by atoms with Gasteiger partial charge in [-0.1, -0.05) is 60.1 Å². The van der Waals surface area contributed by atoms with Crippen molar-refractivity contribution in [2.75, 3.05) is 13.7 Å². The van der Waals surface area contributed by atoms with Crippen LogP contribution in [-0.2, 0) is 4.74 Å². The molecule has 0 amide bonds. The van der Waals surface area contributed by atoms with Crippen molar-refractivity contribution in [3.05, 3.63) is 11.6 Å². The van der Waals surface area contributed by atoms with E-state index in [2.05, 4.69) is 54.5 Å². The van der Waals surface area contributed by atoms with Gasteiger partial charge in [0.1, 0.15) is 0 Å². The van der Waals surface area contributed by atoms with Crippen LogP contribution in [0.3, 0.4) is 0 Å². The van der Waals surface area contributed by atoms with Gasteiger partial charge in [0.25, 0.3) is 0 Å². The average Bonchev–Trinajstić information content (AvgIpc) is 2.75. The highest BCUT2D eigenvalue weighted by molar-refractivity contribution is 5.33. The molecule has 0 aromatic rings. The topological polar surface area (TPSA) is 29.5 Å². The molecule has 2 nitrogen and oxygen atoms in total. The molecule has 188 valence electrons. The minimum absolute atomic E-state index is 0.119. The number of hydrogen-bond donors (Lipinski definition) is 1. The number of allylic oxidation sites excluding steroid dienone is 2. The Morgan fingerprint density at radius 3 is 2.24 bits per heavy atom. The first kappa shape index (κ1) is 24.4. The first-order valence-corrected chi connectivity index (χ1v) is 14.1. The molecule has 5 rings (SSSR count). The lowest BCUT2D eigenvalue weighted by Crippen LogP contribution is -2.65. The Morgan fingerprint density at radius 2 is 1.58 bits per heavy atom. The summed E-state index contributed by atoms with van der Waals surface area (Å²) in [7, 11) is 1.86. The second kappa shape index (κ2) is 7.34. The van der Waals surface area contributed by atoms with Crippen LogP contribution >= 0.6 is 0 Å². The third-order valence-electron chi connectivity index (χ3n) is 13.4. The van der Waals surface area contributed by atoms with E-state index in [-0.39, 0.29) is 23.5 Å². The summed E-state index contributed by atoms with van der Waals surface area (Å²) in [6.45, 7) is 18.2. The van der Waals surface area contributed by atoms with Gasteiger partial charge in [-0.2, -0.15) is 0 Å². The molecule has 4 saturated carbocycles. The Bertz CT molecular complexity index is 829. The summed E-state index contributed by atoms with van der Waals surface area (Å²) in [5, 5.41) is 10.6. The molecule has 33 heavy (non-hydrogen) atoms. The number of aliphatic hydroxyl groups is 1. The molecule has 1 unspecified atom stereocenters. The molecule has 0 spiro atoms. The largest absolute Gasteiger partial charge is 0.396 e. The lowest BCUT2D eigenvalue weighted by molar-refractivity contribution is -0.219. The number of hydrogen-bond acceptors (Lipinski definition) is 2. The number of rotatable bonds is 2. The van der Waals surface area contributed by atoms with Crippen LogP contribution in [0.5, 0.6) is 0 Å². The summed E-state index contributed by atoms with van der Waals surface area (Å²) >= 11 is 0. The second-order valence-corrected chi connectivity index (χ2v) is 15.3. The summed E-state index contributed by atoms with van der Waals surface area (Å²) < 4.78 is 5.98. The van der Waals surface area contributed by atoms with E-state index in [1.165, 1.54) is 57.8 Å². The lowest BCUT2D eigenvalue weighted by Gasteiger charge is -2.71. The Hall–Kier alpha value is -0.340. The van der Waals surface area contributed by atoms with Gasteiger partial charge in [0.2, 0.25) is 0 Å². The molecular formula is C31H52O2. The minimum Gasteiger partial charge on any atom is -0.396 e. The van der Waals surface area contributed by atoms with E-state index in [0.717, 1.165) is 12.3 Å². The van der Waals surface area contributed by atoms with E-state index in [4.69, 9.17) is 4.74 Å². The normalized spacial score (nSPS) is 55.5. The molecule has 2 heteroatoms. The highest BCUT2D eigenvalue weighted by Crippen LogP contribution is 2.75. The van der Waals surface area contributed by atoms with Gasteiger partial charge >= 0.3 is 0 Å². The van der Waals surface area contributed by atoms with Crippen molar-refractivity contribution in [1.29, 1.82) is 0 Å². The van der Waals surface area contributed by atoms with Gasteiger partial charge in [0.15, 0.2) is 0 Å². The Labute approximate surface area is 204 Å². The zero-order valence-corrected chi connectivity index (χ0v) is 23.0. The number of aliphatic hydroxyl groups excluding tert-OH is 1. The fourth-order valence-electron chi connectivity index (χ4n) is 10.9. The van der Waals surface area contributed by atoms with Crippen LogP contribution in [0.25, 0.3) is 0 Å². The number of ether oxygens (including phenoxy) is 1. The predicted octanol–water partition coefficient (Wildman–Crippen LogP) is 7.80. The van der Waals surface area contributed by atoms with Gasteiger partial charge < -0.3 is 9.84 Å². The van der Waals surface area contributed by atoms with Crippen molar-refractivity contribution in [3.8, 4) is 0 Å². The van der Waals surface area contributed by atoms with Crippen LogP contribution in [0.2, 0.25) is 0 Å². The van der Waals surface area contributed by atoms with Gasteiger partial charge in [-0.05, 0) is 109 Å². The third-order valence-corrected chi connectivity index (χ3v) is 13.4. The van der Waals surface area contributed by atoms with Crippen LogP contribution in [0.4, 0.5) is 0 Å². The molecular weight excluding hydrogens is 404 g/mol. The van der Waals surface area contributed by atoms with Crippen LogP contribution in [-0.4, -0.2) is 24.9 Å². The maximum Gasteiger partial charge on any atom is 0.0649 e.